The standard InChI is InChI=1S/C25H39N7O.C21H33N7O2.C21H35N7.C16H20ClN5O2.C9H4Cl2N2O2.C7H17N3.C6H15N/c1-6-33-19-22-27-23-24(32(22)18-17-31-15-12-29(4)13-16-31)20-9-7-8-10-21(20)26-25(23)30(5)14-11-28(2)3;1-24(2)11-14-26(4)21-20(28(29)30)19(17-7-5-6-8-18(17)23-21)22-9-10-27-15-12-25(3)13-16-27;1-25(2)11-14-27(4)21-19(22)20(17-7-5-6-8-18(17)24-21)23-9-10-28-15-12-26(3)13-16-28;1-20-8-10-21(11-9-20)7-6-18-14-12-4-2-3-5-13(12)19-16(17)15(14)22(23)24;10-7-5-3-1-2-4-6(5)12-9(11)8(7)13(14)15;1-9-4-6-10(3-2-8)7-5-9;1-4-5-6-7(2)3/h7-10H,6,11-19H2,1-5H3;5-8H,9-16H2,1-4H3,(H,22,23);5-8H,9-16,22H2,1-4H3,(H,23,24);2-5H,6-11H2,1H3,(H,18,19);1-4H;2-8H2,1H3;4-6H2,1-3H3. The molecule has 16 rings (SSSR count). The largest absolute Gasteiger partial charge is 0.394 e. The average Bonchev–Trinajstić information content (AvgIpc) is 1.58. The highest BCUT2D eigenvalue weighted by atomic mass is 35.5. The van der Waals surface area contributed by atoms with E-state index in [4.69, 9.17) is 66.0 Å². The molecule has 0 radical (unpaired) electrons. The average molecular weight is 2090 g/mol. The molecule has 5 aliphatic heterocycles. The summed E-state index contributed by atoms with van der Waals surface area (Å²) in [5.74, 6) is 3.19. The first-order valence-corrected chi connectivity index (χ1v) is 52.6. The van der Waals surface area contributed by atoms with Crippen LogP contribution < -0.4 is 42.1 Å². The van der Waals surface area contributed by atoms with Crippen molar-refractivity contribution in [3.05, 3.63) is 173 Å². The molecule has 0 saturated carbocycles. The van der Waals surface area contributed by atoms with Gasteiger partial charge in [0.2, 0.25) is 16.1 Å². The number of unbranched alkanes of at least 4 members (excludes halogenated alkanes) is 1. The minimum atomic E-state index is -0.635. The summed E-state index contributed by atoms with van der Waals surface area (Å²) in [5, 5.41) is 48.4. The monoisotopic (exact) mass is 2090 g/mol. The van der Waals surface area contributed by atoms with Gasteiger partial charge in [0.05, 0.1) is 59.2 Å². The number of rotatable bonds is 38. The summed E-state index contributed by atoms with van der Waals surface area (Å²) in [6.45, 7) is 42.5. The second-order valence-corrected chi connectivity index (χ2v) is 40.6. The summed E-state index contributed by atoms with van der Waals surface area (Å²) >= 11 is 17.6. The normalized spacial score (nSPS) is 15.6. The zero-order valence-corrected chi connectivity index (χ0v) is 92.5. The van der Waals surface area contributed by atoms with Gasteiger partial charge >= 0.3 is 17.1 Å². The molecule has 0 aliphatic carbocycles. The van der Waals surface area contributed by atoms with E-state index in [1.165, 1.54) is 51.1 Å². The van der Waals surface area contributed by atoms with Gasteiger partial charge < -0.3 is 95.5 Å². The third-order valence-electron chi connectivity index (χ3n) is 26.9. The molecule has 39 nitrogen and oxygen atoms in total. The molecule has 0 amide bonds. The highest BCUT2D eigenvalue weighted by molar-refractivity contribution is 6.41. The van der Waals surface area contributed by atoms with Gasteiger partial charge in [-0.1, -0.05) is 139 Å². The van der Waals surface area contributed by atoms with Crippen molar-refractivity contribution in [3.8, 4) is 0 Å². The lowest BCUT2D eigenvalue weighted by Crippen LogP contribution is -2.45. The molecule has 5 saturated heterocycles. The quantitative estimate of drug-likeness (QED) is 0.0136. The molecule has 147 heavy (non-hydrogen) atoms. The highest BCUT2D eigenvalue weighted by Crippen LogP contribution is 2.42. The Morgan fingerprint density at radius 3 is 1.07 bits per heavy atom. The number of likely N-dealkylation sites (N-methyl/N-ethyl adjacent to an activating group) is 11. The summed E-state index contributed by atoms with van der Waals surface area (Å²) in [4.78, 5) is 99.3. The van der Waals surface area contributed by atoms with Crippen molar-refractivity contribution in [1.82, 2.24) is 103 Å². The van der Waals surface area contributed by atoms with E-state index < -0.39 is 9.85 Å². The number of anilines is 7. The van der Waals surface area contributed by atoms with Crippen LogP contribution in [-0.4, -0.2) is 473 Å². The maximum Gasteiger partial charge on any atom is 0.335 e. The first-order chi connectivity index (χ1) is 70.6. The smallest absolute Gasteiger partial charge is 0.335 e. The number of nitrogens with zero attached hydrogens (tertiary/aromatic N) is 27. The Bertz CT molecular complexity index is 5910. The number of benzene rings is 5. The molecule has 0 spiro atoms. The molecule has 0 unspecified atom stereocenters. The van der Waals surface area contributed by atoms with Crippen molar-refractivity contribution in [2.75, 3.05) is 391 Å². The maximum atomic E-state index is 12.1. The van der Waals surface area contributed by atoms with Gasteiger partial charge in [0, 0.05) is 290 Å². The van der Waals surface area contributed by atoms with E-state index in [1.54, 1.807) is 30.3 Å². The van der Waals surface area contributed by atoms with Crippen molar-refractivity contribution in [2.45, 2.75) is 39.8 Å². The number of pyridine rings is 5. The van der Waals surface area contributed by atoms with Gasteiger partial charge in [-0.3, -0.25) is 54.8 Å². The summed E-state index contributed by atoms with van der Waals surface area (Å²) in [7, 11) is 33.4. The van der Waals surface area contributed by atoms with Gasteiger partial charge in [0.1, 0.15) is 34.3 Å². The number of piperazine rings is 5. The molecule has 11 heterocycles. The maximum absolute atomic E-state index is 12.1. The summed E-state index contributed by atoms with van der Waals surface area (Å²) in [5.41, 5.74) is 20.4. The van der Waals surface area contributed by atoms with Crippen LogP contribution in [0.3, 0.4) is 0 Å². The Hall–Kier alpha value is -10.4. The number of aromatic nitrogens is 7. The Morgan fingerprint density at radius 2 is 0.687 bits per heavy atom. The Labute approximate surface area is 884 Å². The van der Waals surface area contributed by atoms with Gasteiger partial charge in [-0.2, -0.15) is 0 Å². The van der Waals surface area contributed by atoms with Crippen LogP contribution in [0.15, 0.2) is 121 Å². The number of imidazole rings is 1. The number of para-hydroxylation sites is 5. The molecule has 42 heteroatoms. The van der Waals surface area contributed by atoms with E-state index in [1.807, 2.05) is 87.6 Å². The van der Waals surface area contributed by atoms with E-state index in [0.717, 1.165) is 257 Å². The van der Waals surface area contributed by atoms with E-state index in [9.17, 15) is 30.3 Å². The Kier molecular flexibility index (Phi) is 48.8. The van der Waals surface area contributed by atoms with E-state index >= 15 is 0 Å². The van der Waals surface area contributed by atoms with Crippen LogP contribution in [-0.2, 0) is 17.9 Å². The second-order valence-electron chi connectivity index (χ2n) is 39.5. The summed E-state index contributed by atoms with van der Waals surface area (Å²) in [6.07, 6.45) is 2.63. The second kappa shape index (κ2) is 60.5. The SMILES string of the molecule is CCCCN(C)C.CCOCc1nc2c(N(C)CCN(C)C)nc3ccccc3c2n1CCN1CCN(C)CC1.CN(C)CCN(C)c1nc2ccccc2c(NCCN2CCN(C)CC2)c1N.CN(C)CCN(C)c1nc2ccccc2c(NCCN2CCN(C)CC2)c1[N+](=O)[O-].CN1CCN(CCN)CC1.CN1CCN(CCNc2c([N+](=O)[O-])c(Cl)nc3ccccc23)CC1.O=[N+]([O-])c1c(Cl)nc2ccccc2c1Cl. The van der Waals surface area contributed by atoms with Crippen LogP contribution in [0.4, 0.5) is 57.3 Å². The number of halogens is 3. The lowest BCUT2D eigenvalue weighted by Gasteiger charge is -2.32. The fourth-order valence-electron chi connectivity index (χ4n) is 17.6. The predicted molar refractivity (Wildman–Crippen MR) is 610 cm³/mol. The van der Waals surface area contributed by atoms with E-state index in [2.05, 4.69) is 249 Å². The number of nitro groups is 3. The highest BCUT2D eigenvalue weighted by Gasteiger charge is 2.31. The van der Waals surface area contributed by atoms with Gasteiger partial charge in [-0.25, -0.2) is 29.9 Å². The Morgan fingerprint density at radius 1 is 0.367 bits per heavy atom. The minimum absolute atomic E-state index is 0.0237. The van der Waals surface area contributed by atoms with Crippen LogP contribution in [0, 0.1) is 30.3 Å². The van der Waals surface area contributed by atoms with Gasteiger partial charge in [0.15, 0.2) is 11.6 Å². The molecular weight excluding hydrogens is 1930 g/mol. The topological polar surface area (TPSA) is 364 Å². The van der Waals surface area contributed by atoms with Gasteiger partial charge in [-0.15, -0.1) is 0 Å². The van der Waals surface area contributed by atoms with E-state index in [-0.39, 0.29) is 37.3 Å². The Balaban J connectivity index is 0.000000183. The molecule has 6 aromatic heterocycles. The fraction of sp³-hybridized carbons (Fsp3) is 0.562. The number of hydrogen-bond donors (Lipinski definition) is 5. The van der Waals surface area contributed by atoms with Crippen molar-refractivity contribution in [3.63, 3.8) is 0 Å². The van der Waals surface area contributed by atoms with Crippen molar-refractivity contribution >= 4 is 158 Å². The van der Waals surface area contributed by atoms with Crippen molar-refractivity contribution in [1.29, 1.82) is 0 Å². The number of nitrogens with one attached hydrogen (secondary N) is 3. The molecule has 5 aliphatic rings. The van der Waals surface area contributed by atoms with Crippen LogP contribution in [0.2, 0.25) is 15.3 Å². The van der Waals surface area contributed by atoms with Crippen LogP contribution in [0.1, 0.15) is 32.5 Å². The van der Waals surface area contributed by atoms with E-state index in [0.29, 0.717) is 71.8 Å². The van der Waals surface area contributed by atoms with Crippen LogP contribution in [0.25, 0.3) is 65.5 Å². The third-order valence-corrected chi connectivity index (χ3v) is 27.8. The molecular formula is C105H163Cl3N32O7. The first kappa shape index (κ1) is 119. The van der Waals surface area contributed by atoms with Gasteiger partial charge in [-0.05, 0) is 142 Å². The molecule has 11 aromatic rings. The number of fused-ring (bicyclic) bond motifs is 7. The number of nitrogen functional groups attached to an aromatic ring is 1. The minimum Gasteiger partial charge on any atom is -0.394 e. The summed E-state index contributed by atoms with van der Waals surface area (Å²) < 4.78 is 8.23. The van der Waals surface area contributed by atoms with Crippen LogP contribution >= 0.6 is 34.8 Å². The molecule has 5 aromatic carbocycles. The fourth-order valence-corrected chi connectivity index (χ4v) is 18.5. The predicted octanol–water partition coefficient (Wildman–Crippen LogP) is 12.1. The zero-order chi connectivity index (χ0) is 106. The molecule has 0 atom stereocenters. The van der Waals surface area contributed by atoms with Crippen molar-refractivity contribution in [2.24, 2.45) is 5.73 Å². The number of nitrogens with two attached hydrogens (primary N) is 2. The van der Waals surface area contributed by atoms with Crippen molar-refractivity contribution < 1.29 is 19.5 Å². The zero-order valence-electron chi connectivity index (χ0n) is 90.3. The van der Waals surface area contributed by atoms with Gasteiger partial charge in [0.25, 0.3) is 0 Å². The first-order valence-electron chi connectivity index (χ1n) is 51.5. The lowest BCUT2D eigenvalue weighted by atomic mass is 10.1. The number of ether oxygens (including phenoxy) is 1. The third kappa shape index (κ3) is 35.9. The summed E-state index contributed by atoms with van der Waals surface area (Å²) in [6, 6.07) is 38.4. The lowest BCUT2D eigenvalue weighted by molar-refractivity contribution is -0.384. The molecule has 0 bridgehead atoms. The molecule has 5 fully saturated rings. The molecule has 806 valence electrons. The molecule has 7 N–H and O–H groups in total. The number of hydrogen-bond acceptors (Lipinski definition) is 35. The van der Waals surface area contributed by atoms with Crippen LogP contribution in [0.5, 0.6) is 0 Å².